The molecule has 21 heavy (non-hydrogen) atoms. The van der Waals surface area contributed by atoms with E-state index in [1.807, 2.05) is 26.0 Å². The summed E-state index contributed by atoms with van der Waals surface area (Å²) in [5.41, 5.74) is -0.393. The molecule has 1 aromatic carbocycles. The topological polar surface area (TPSA) is 66.8 Å². The van der Waals surface area contributed by atoms with Crippen molar-refractivity contribution in [2.45, 2.75) is 33.8 Å². The second-order valence-corrected chi connectivity index (χ2v) is 6.36. The number of aliphatic carboxylic acids is 1. The van der Waals surface area contributed by atoms with Crippen molar-refractivity contribution in [2.24, 2.45) is 11.3 Å². The molecule has 0 saturated carbocycles. The first-order valence-corrected chi connectivity index (χ1v) is 7.04. The van der Waals surface area contributed by atoms with E-state index in [0.717, 1.165) is 0 Å². The Morgan fingerprint density at radius 3 is 2.57 bits per heavy atom. The average molecular weight is 291 g/mol. The molecule has 1 N–H and O–H groups in total. The number of hydrogen-bond acceptors (Lipinski definition) is 3. The lowest BCUT2D eigenvalue weighted by Gasteiger charge is -2.38. The van der Waals surface area contributed by atoms with Crippen LogP contribution in [0, 0.1) is 11.3 Å². The summed E-state index contributed by atoms with van der Waals surface area (Å²) in [7, 11) is 0. The molecule has 114 valence electrons. The van der Waals surface area contributed by atoms with Crippen LogP contribution in [0.1, 0.15) is 27.7 Å². The number of rotatable bonds is 4. The van der Waals surface area contributed by atoms with Crippen LogP contribution in [0.15, 0.2) is 24.3 Å². The maximum absolute atomic E-state index is 12.6. The zero-order valence-electron chi connectivity index (χ0n) is 12.8. The van der Waals surface area contributed by atoms with Gasteiger partial charge in [-0.1, -0.05) is 26.0 Å². The Balaban J connectivity index is 2.42. The maximum Gasteiger partial charge on any atom is 0.310 e. The van der Waals surface area contributed by atoms with Crippen molar-refractivity contribution in [1.82, 2.24) is 0 Å². The number of nitrogens with zero attached hydrogens (tertiary/aromatic N) is 1. The molecule has 1 atom stereocenters. The second-order valence-electron chi connectivity index (χ2n) is 6.36. The minimum absolute atomic E-state index is 0.0151. The molecule has 5 heteroatoms. The summed E-state index contributed by atoms with van der Waals surface area (Å²) in [5.74, 6) is -0.475. The van der Waals surface area contributed by atoms with Gasteiger partial charge in [-0.15, -0.1) is 0 Å². The molecule has 1 amide bonds. The number of amides is 1. The number of ether oxygens (including phenoxy) is 1. The summed E-state index contributed by atoms with van der Waals surface area (Å²) >= 11 is 0. The van der Waals surface area contributed by atoms with Crippen LogP contribution in [0.5, 0.6) is 5.75 Å². The highest BCUT2D eigenvalue weighted by molar-refractivity contribution is 6.00. The number of hydrogen-bond donors (Lipinski definition) is 1. The number of carbonyl (C=O) groups excluding carboxylic acids is 1. The first kappa shape index (κ1) is 15.4. The summed E-state index contributed by atoms with van der Waals surface area (Å²) in [6.45, 7) is 7.18. The molecule has 1 aliphatic heterocycles. The van der Waals surface area contributed by atoms with Crippen molar-refractivity contribution in [3.05, 3.63) is 24.3 Å². The van der Waals surface area contributed by atoms with Crippen LogP contribution in [-0.2, 0) is 9.59 Å². The predicted molar refractivity (Wildman–Crippen MR) is 79.5 cm³/mol. The number of carboxylic acids is 1. The molecular formula is C16H21NO4. The van der Waals surface area contributed by atoms with Gasteiger partial charge in [0.25, 0.3) is 5.91 Å². The first-order chi connectivity index (χ1) is 9.74. The van der Waals surface area contributed by atoms with Gasteiger partial charge in [0.05, 0.1) is 11.1 Å². The van der Waals surface area contributed by atoms with Gasteiger partial charge in [-0.05, 0) is 31.9 Å². The van der Waals surface area contributed by atoms with Crippen molar-refractivity contribution in [3.63, 3.8) is 0 Å². The van der Waals surface area contributed by atoms with Crippen molar-refractivity contribution < 1.29 is 19.4 Å². The smallest absolute Gasteiger partial charge is 0.310 e. The lowest BCUT2D eigenvalue weighted by atomic mass is 9.91. The number of para-hydroxylation sites is 2. The van der Waals surface area contributed by atoms with E-state index in [0.29, 0.717) is 11.4 Å². The number of benzene rings is 1. The third-order valence-electron chi connectivity index (χ3n) is 3.66. The van der Waals surface area contributed by atoms with Gasteiger partial charge < -0.3 is 14.7 Å². The van der Waals surface area contributed by atoms with Crippen LogP contribution in [0.4, 0.5) is 5.69 Å². The van der Waals surface area contributed by atoms with E-state index in [1.54, 1.807) is 26.0 Å². The SMILES string of the molecule is CC(C)C1Oc2ccccc2N(CC(C)(C)C(=O)O)C1=O. The van der Waals surface area contributed by atoms with Crippen LogP contribution in [0.3, 0.4) is 0 Å². The van der Waals surface area contributed by atoms with Crippen molar-refractivity contribution >= 4 is 17.6 Å². The number of fused-ring (bicyclic) bond motifs is 1. The molecule has 0 spiro atoms. The summed E-state index contributed by atoms with van der Waals surface area (Å²) in [6, 6.07) is 7.23. The lowest BCUT2D eigenvalue weighted by Crippen LogP contribution is -2.52. The molecule has 0 fully saturated rings. The second kappa shape index (κ2) is 5.39. The molecule has 0 bridgehead atoms. The van der Waals surface area contributed by atoms with E-state index in [-0.39, 0.29) is 18.4 Å². The number of carboxylic acid groups (broad SMARTS) is 1. The Hall–Kier alpha value is -2.04. The highest BCUT2D eigenvalue weighted by Gasteiger charge is 2.40. The van der Waals surface area contributed by atoms with Gasteiger partial charge in [-0.3, -0.25) is 9.59 Å². The first-order valence-electron chi connectivity index (χ1n) is 7.04. The predicted octanol–water partition coefficient (Wildman–Crippen LogP) is 2.55. The normalized spacial score (nSPS) is 18.4. The van der Waals surface area contributed by atoms with Crippen LogP contribution >= 0.6 is 0 Å². The van der Waals surface area contributed by atoms with Gasteiger partial charge in [0.2, 0.25) is 0 Å². The quantitative estimate of drug-likeness (QED) is 0.925. The van der Waals surface area contributed by atoms with Crippen LogP contribution < -0.4 is 9.64 Å². The Morgan fingerprint density at radius 2 is 2.00 bits per heavy atom. The van der Waals surface area contributed by atoms with Gasteiger partial charge in [-0.2, -0.15) is 0 Å². The van der Waals surface area contributed by atoms with Gasteiger partial charge in [0, 0.05) is 6.54 Å². The summed E-state index contributed by atoms with van der Waals surface area (Å²) < 4.78 is 5.77. The fourth-order valence-corrected chi connectivity index (χ4v) is 2.29. The minimum atomic E-state index is -1.03. The van der Waals surface area contributed by atoms with Gasteiger partial charge in [0.1, 0.15) is 5.75 Å². The zero-order valence-corrected chi connectivity index (χ0v) is 12.8. The standard InChI is InChI=1S/C16H21NO4/c1-10(2)13-14(18)17(9-16(3,4)15(19)20)11-7-5-6-8-12(11)21-13/h5-8,10,13H,9H2,1-4H3,(H,19,20). The third-order valence-corrected chi connectivity index (χ3v) is 3.66. The molecule has 0 radical (unpaired) electrons. The highest BCUT2D eigenvalue weighted by Crippen LogP contribution is 2.37. The van der Waals surface area contributed by atoms with Crippen molar-refractivity contribution in [1.29, 1.82) is 0 Å². The molecule has 1 unspecified atom stereocenters. The molecule has 1 aliphatic rings. The molecule has 1 heterocycles. The van der Waals surface area contributed by atoms with E-state index in [2.05, 4.69) is 0 Å². The molecule has 5 nitrogen and oxygen atoms in total. The Bertz CT molecular complexity index is 565. The average Bonchev–Trinajstić information content (AvgIpc) is 2.41. The summed E-state index contributed by atoms with van der Waals surface area (Å²) in [5, 5.41) is 9.31. The molecular weight excluding hydrogens is 270 g/mol. The third kappa shape index (κ3) is 2.86. The van der Waals surface area contributed by atoms with Gasteiger partial charge >= 0.3 is 5.97 Å². The highest BCUT2D eigenvalue weighted by atomic mass is 16.5. The molecule has 0 saturated heterocycles. The van der Waals surface area contributed by atoms with E-state index >= 15 is 0 Å². The largest absolute Gasteiger partial charge is 0.481 e. The molecule has 1 aromatic rings. The lowest BCUT2D eigenvalue weighted by molar-refractivity contribution is -0.146. The van der Waals surface area contributed by atoms with Gasteiger partial charge in [-0.25, -0.2) is 0 Å². The van der Waals surface area contributed by atoms with Crippen molar-refractivity contribution in [3.8, 4) is 5.75 Å². The fraction of sp³-hybridized carbons (Fsp3) is 0.500. The van der Waals surface area contributed by atoms with Crippen molar-refractivity contribution in [2.75, 3.05) is 11.4 Å². The van der Waals surface area contributed by atoms with E-state index < -0.39 is 17.5 Å². The van der Waals surface area contributed by atoms with Gasteiger partial charge in [0.15, 0.2) is 6.10 Å². The fourth-order valence-electron chi connectivity index (χ4n) is 2.29. The van der Waals surface area contributed by atoms with Crippen LogP contribution in [0.2, 0.25) is 0 Å². The Morgan fingerprint density at radius 1 is 1.38 bits per heavy atom. The summed E-state index contributed by atoms with van der Waals surface area (Å²) in [6.07, 6.45) is -0.579. The van der Waals surface area contributed by atoms with E-state index in [9.17, 15) is 14.7 Å². The zero-order chi connectivity index (χ0) is 15.8. The van der Waals surface area contributed by atoms with E-state index in [4.69, 9.17) is 4.74 Å². The number of carbonyl (C=O) groups is 2. The minimum Gasteiger partial charge on any atom is -0.481 e. The molecule has 2 rings (SSSR count). The summed E-state index contributed by atoms with van der Waals surface area (Å²) in [4.78, 5) is 25.5. The number of anilines is 1. The monoisotopic (exact) mass is 291 g/mol. The molecule has 0 aromatic heterocycles. The van der Waals surface area contributed by atoms with E-state index in [1.165, 1.54) is 4.90 Å². The maximum atomic E-state index is 12.6. The Kier molecular flexibility index (Phi) is 3.94. The molecule has 0 aliphatic carbocycles. The Labute approximate surface area is 124 Å². The van der Waals surface area contributed by atoms with Crippen LogP contribution in [-0.4, -0.2) is 29.6 Å². The van der Waals surface area contributed by atoms with Crippen LogP contribution in [0.25, 0.3) is 0 Å².